The second-order valence-electron chi connectivity index (χ2n) is 3.84. The standard InChI is InChI=1S/C11H10ClF3N4/c12-10-2-1-7(5-9(10)11(13,14)15)19-8(3-4-16)6-17-18-19/h1-2,5-6H,3-4,16H2. The molecule has 2 rings (SSSR count). The van der Waals surface area contributed by atoms with Crippen LogP contribution >= 0.6 is 11.6 Å². The van der Waals surface area contributed by atoms with Crippen molar-refractivity contribution >= 4 is 11.6 Å². The van der Waals surface area contributed by atoms with Crippen molar-refractivity contribution in [3.63, 3.8) is 0 Å². The van der Waals surface area contributed by atoms with Crippen molar-refractivity contribution in [2.75, 3.05) is 6.54 Å². The van der Waals surface area contributed by atoms with Crippen LogP contribution < -0.4 is 5.73 Å². The van der Waals surface area contributed by atoms with Crippen molar-refractivity contribution in [3.8, 4) is 5.69 Å². The van der Waals surface area contributed by atoms with Crippen molar-refractivity contribution in [2.45, 2.75) is 12.6 Å². The minimum Gasteiger partial charge on any atom is -0.330 e. The van der Waals surface area contributed by atoms with E-state index in [0.29, 0.717) is 18.7 Å². The number of halogens is 4. The van der Waals surface area contributed by atoms with E-state index in [-0.39, 0.29) is 10.7 Å². The van der Waals surface area contributed by atoms with Crippen LogP contribution in [0.1, 0.15) is 11.3 Å². The van der Waals surface area contributed by atoms with E-state index in [2.05, 4.69) is 10.3 Å². The number of nitrogens with two attached hydrogens (primary N) is 1. The number of alkyl halides is 3. The molecule has 0 saturated heterocycles. The molecule has 0 aliphatic rings. The number of benzene rings is 1. The molecule has 8 heteroatoms. The molecule has 0 saturated carbocycles. The monoisotopic (exact) mass is 290 g/mol. The van der Waals surface area contributed by atoms with Crippen LogP contribution in [0.3, 0.4) is 0 Å². The van der Waals surface area contributed by atoms with Gasteiger partial charge in [0.05, 0.1) is 28.2 Å². The summed E-state index contributed by atoms with van der Waals surface area (Å²) in [5.41, 5.74) is 5.40. The Morgan fingerprint density at radius 3 is 2.68 bits per heavy atom. The average Bonchev–Trinajstić information content (AvgIpc) is 2.77. The van der Waals surface area contributed by atoms with Crippen molar-refractivity contribution < 1.29 is 13.2 Å². The van der Waals surface area contributed by atoms with Crippen LogP contribution in [-0.2, 0) is 12.6 Å². The lowest BCUT2D eigenvalue weighted by molar-refractivity contribution is -0.137. The van der Waals surface area contributed by atoms with Gasteiger partial charge in [-0.1, -0.05) is 16.8 Å². The fourth-order valence-corrected chi connectivity index (χ4v) is 1.88. The van der Waals surface area contributed by atoms with Gasteiger partial charge in [-0.3, -0.25) is 0 Å². The molecule has 0 aliphatic heterocycles. The topological polar surface area (TPSA) is 56.7 Å². The fourth-order valence-electron chi connectivity index (χ4n) is 1.65. The first-order valence-electron chi connectivity index (χ1n) is 5.40. The Morgan fingerprint density at radius 1 is 1.32 bits per heavy atom. The normalized spacial score (nSPS) is 11.8. The van der Waals surface area contributed by atoms with E-state index < -0.39 is 11.7 Å². The van der Waals surface area contributed by atoms with Gasteiger partial charge in [0.1, 0.15) is 0 Å². The first-order chi connectivity index (χ1) is 8.93. The van der Waals surface area contributed by atoms with Crippen molar-refractivity contribution in [3.05, 3.63) is 40.7 Å². The molecule has 2 N–H and O–H groups in total. The molecule has 0 bridgehead atoms. The molecule has 0 spiro atoms. The zero-order chi connectivity index (χ0) is 14.0. The summed E-state index contributed by atoms with van der Waals surface area (Å²) < 4.78 is 39.6. The van der Waals surface area contributed by atoms with Gasteiger partial charge in [0.15, 0.2) is 0 Å². The quantitative estimate of drug-likeness (QED) is 0.944. The first-order valence-corrected chi connectivity index (χ1v) is 5.78. The van der Waals surface area contributed by atoms with E-state index in [1.807, 2.05) is 0 Å². The predicted octanol–water partition coefficient (Wildman–Crippen LogP) is 2.44. The van der Waals surface area contributed by atoms with Crippen LogP contribution in [0.15, 0.2) is 24.4 Å². The molecule has 0 amide bonds. The predicted molar refractivity (Wildman–Crippen MR) is 64.1 cm³/mol. The number of hydrogen-bond acceptors (Lipinski definition) is 3. The lowest BCUT2D eigenvalue weighted by Crippen LogP contribution is -2.11. The maximum Gasteiger partial charge on any atom is 0.417 e. The maximum atomic E-state index is 12.8. The van der Waals surface area contributed by atoms with Crippen molar-refractivity contribution in [2.24, 2.45) is 5.73 Å². The average molecular weight is 291 g/mol. The molecule has 0 unspecified atom stereocenters. The molecular formula is C11H10ClF3N4. The van der Waals surface area contributed by atoms with Gasteiger partial charge >= 0.3 is 6.18 Å². The van der Waals surface area contributed by atoms with E-state index in [1.165, 1.54) is 23.0 Å². The Kier molecular flexibility index (Phi) is 3.77. The van der Waals surface area contributed by atoms with Crippen LogP contribution in [0, 0.1) is 0 Å². The summed E-state index contributed by atoms with van der Waals surface area (Å²) in [6.07, 6.45) is -2.58. The summed E-state index contributed by atoms with van der Waals surface area (Å²) in [6, 6.07) is 3.58. The lowest BCUT2D eigenvalue weighted by Gasteiger charge is -2.11. The molecule has 0 atom stereocenters. The summed E-state index contributed by atoms with van der Waals surface area (Å²) in [5.74, 6) is 0. The van der Waals surface area contributed by atoms with Crippen LogP contribution in [-0.4, -0.2) is 21.5 Å². The number of hydrogen-bond donors (Lipinski definition) is 1. The van der Waals surface area contributed by atoms with Gasteiger partial charge in [0, 0.05) is 6.42 Å². The third kappa shape index (κ3) is 2.87. The molecule has 1 aromatic carbocycles. The van der Waals surface area contributed by atoms with Crippen LogP contribution in [0.25, 0.3) is 5.69 Å². The first kappa shape index (κ1) is 13.8. The van der Waals surface area contributed by atoms with Gasteiger partial charge in [-0.25, -0.2) is 4.68 Å². The number of aromatic nitrogens is 3. The van der Waals surface area contributed by atoms with Gasteiger partial charge in [0.2, 0.25) is 0 Å². The summed E-state index contributed by atoms with van der Waals surface area (Å²) in [6.45, 7) is 0.354. The molecule has 0 radical (unpaired) electrons. The Labute approximate surface area is 112 Å². The van der Waals surface area contributed by atoms with E-state index in [4.69, 9.17) is 17.3 Å². The molecule has 0 fully saturated rings. The smallest absolute Gasteiger partial charge is 0.330 e. The van der Waals surface area contributed by atoms with E-state index >= 15 is 0 Å². The molecule has 2 aromatic rings. The molecule has 4 nitrogen and oxygen atoms in total. The van der Waals surface area contributed by atoms with Crippen molar-refractivity contribution in [1.82, 2.24) is 15.0 Å². The van der Waals surface area contributed by atoms with Gasteiger partial charge in [-0.2, -0.15) is 13.2 Å². The summed E-state index contributed by atoms with van der Waals surface area (Å²) in [5, 5.41) is 7.08. The van der Waals surface area contributed by atoms with E-state index in [9.17, 15) is 13.2 Å². The largest absolute Gasteiger partial charge is 0.417 e. The van der Waals surface area contributed by atoms with Gasteiger partial charge in [0.25, 0.3) is 0 Å². The maximum absolute atomic E-state index is 12.8. The molecule has 102 valence electrons. The summed E-state index contributed by atoms with van der Waals surface area (Å²) in [7, 11) is 0. The molecule has 1 aromatic heterocycles. The second kappa shape index (κ2) is 5.18. The fraction of sp³-hybridized carbons (Fsp3) is 0.273. The Hall–Kier alpha value is -1.60. The highest BCUT2D eigenvalue weighted by Crippen LogP contribution is 2.35. The molecular weight excluding hydrogens is 281 g/mol. The van der Waals surface area contributed by atoms with Crippen LogP contribution in [0.5, 0.6) is 0 Å². The molecule has 0 aliphatic carbocycles. The van der Waals surface area contributed by atoms with Gasteiger partial charge < -0.3 is 5.73 Å². The minimum absolute atomic E-state index is 0.248. The van der Waals surface area contributed by atoms with Gasteiger partial charge in [-0.05, 0) is 24.7 Å². The summed E-state index contributed by atoms with van der Waals surface area (Å²) >= 11 is 5.56. The molecule has 19 heavy (non-hydrogen) atoms. The van der Waals surface area contributed by atoms with Crippen molar-refractivity contribution in [1.29, 1.82) is 0 Å². The zero-order valence-electron chi connectivity index (χ0n) is 9.65. The second-order valence-corrected chi connectivity index (χ2v) is 4.24. The number of nitrogens with zero attached hydrogens (tertiary/aromatic N) is 3. The SMILES string of the molecule is NCCc1cnnn1-c1ccc(Cl)c(C(F)(F)F)c1. The number of rotatable bonds is 3. The third-order valence-electron chi connectivity index (χ3n) is 2.52. The minimum atomic E-state index is -4.51. The third-order valence-corrected chi connectivity index (χ3v) is 2.85. The van der Waals surface area contributed by atoms with Gasteiger partial charge in [-0.15, -0.1) is 5.10 Å². The zero-order valence-corrected chi connectivity index (χ0v) is 10.4. The summed E-state index contributed by atoms with van der Waals surface area (Å²) in [4.78, 5) is 0. The Balaban J connectivity index is 2.49. The van der Waals surface area contributed by atoms with Crippen LogP contribution in [0.4, 0.5) is 13.2 Å². The highest BCUT2D eigenvalue weighted by molar-refractivity contribution is 6.31. The van der Waals surface area contributed by atoms with E-state index in [0.717, 1.165) is 6.07 Å². The van der Waals surface area contributed by atoms with E-state index in [1.54, 1.807) is 0 Å². The molecule has 1 heterocycles. The Bertz CT molecular complexity index is 580. The highest BCUT2D eigenvalue weighted by atomic mass is 35.5. The highest BCUT2D eigenvalue weighted by Gasteiger charge is 2.33. The Morgan fingerprint density at radius 2 is 2.05 bits per heavy atom. The lowest BCUT2D eigenvalue weighted by atomic mass is 10.2. The van der Waals surface area contributed by atoms with Crippen LogP contribution in [0.2, 0.25) is 5.02 Å².